The Hall–Kier alpha value is -0.440. The van der Waals surface area contributed by atoms with Gasteiger partial charge >= 0.3 is 0 Å². The molecule has 0 atom stereocenters. The minimum absolute atomic E-state index is 0.410. The summed E-state index contributed by atoms with van der Waals surface area (Å²) in [5.41, 5.74) is 7.53. The van der Waals surface area contributed by atoms with Crippen LogP contribution in [0.25, 0.3) is 10.1 Å². The van der Waals surface area contributed by atoms with E-state index in [1.807, 2.05) is 18.2 Å². The molecule has 0 aliphatic heterocycles. The third-order valence-corrected chi connectivity index (χ3v) is 3.64. The molecule has 1 heterocycles. The fraction of sp³-hybridized carbons (Fsp3) is 0.111. The maximum Gasteiger partial charge on any atom is 0.0985 e. The van der Waals surface area contributed by atoms with E-state index in [9.17, 15) is 0 Å². The minimum atomic E-state index is 0.410. The van der Waals surface area contributed by atoms with Gasteiger partial charge in [-0.25, -0.2) is 0 Å². The average molecular weight is 232 g/mol. The van der Waals surface area contributed by atoms with Crippen molar-refractivity contribution >= 4 is 50.3 Å². The van der Waals surface area contributed by atoms with Gasteiger partial charge in [0, 0.05) is 21.3 Å². The first kappa shape index (κ1) is 9.13. The standard InChI is InChI=1S/C9H7Cl2NS/c10-4-5-8-6(12)2-1-3-7(8)13-9(5)11/h1-3H,4,12H2. The lowest BCUT2D eigenvalue weighted by Gasteiger charge is -1.97. The van der Waals surface area contributed by atoms with E-state index in [1.165, 1.54) is 11.3 Å². The van der Waals surface area contributed by atoms with Crippen LogP contribution in [0.5, 0.6) is 0 Å². The largest absolute Gasteiger partial charge is 0.398 e. The molecule has 0 fully saturated rings. The fourth-order valence-electron chi connectivity index (χ4n) is 1.33. The van der Waals surface area contributed by atoms with Gasteiger partial charge in [0.1, 0.15) is 0 Å². The molecule has 0 saturated carbocycles. The minimum Gasteiger partial charge on any atom is -0.398 e. The first-order valence-electron chi connectivity index (χ1n) is 3.75. The van der Waals surface area contributed by atoms with Crippen LogP contribution >= 0.6 is 34.5 Å². The summed E-state index contributed by atoms with van der Waals surface area (Å²) in [6, 6.07) is 5.78. The molecule has 0 saturated heterocycles. The fourth-order valence-corrected chi connectivity index (χ4v) is 3.14. The van der Waals surface area contributed by atoms with Gasteiger partial charge in [0.05, 0.1) is 10.2 Å². The van der Waals surface area contributed by atoms with E-state index in [1.54, 1.807) is 0 Å². The monoisotopic (exact) mass is 231 g/mol. The van der Waals surface area contributed by atoms with E-state index in [0.29, 0.717) is 5.88 Å². The maximum absolute atomic E-state index is 6.02. The van der Waals surface area contributed by atoms with E-state index < -0.39 is 0 Å². The summed E-state index contributed by atoms with van der Waals surface area (Å²) in [7, 11) is 0. The Morgan fingerprint density at radius 1 is 1.38 bits per heavy atom. The van der Waals surface area contributed by atoms with Crippen LogP contribution in [0.4, 0.5) is 5.69 Å². The molecule has 68 valence electrons. The van der Waals surface area contributed by atoms with Crippen LogP contribution in [0, 0.1) is 0 Å². The first-order valence-corrected chi connectivity index (χ1v) is 5.48. The predicted octanol–water partition coefficient (Wildman–Crippen LogP) is 3.88. The molecule has 4 heteroatoms. The zero-order chi connectivity index (χ0) is 9.42. The van der Waals surface area contributed by atoms with E-state index in [4.69, 9.17) is 28.9 Å². The normalized spacial score (nSPS) is 10.9. The van der Waals surface area contributed by atoms with E-state index >= 15 is 0 Å². The zero-order valence-corrected chi connectivity index (χ0v) is 9.01. The first-order chi connectivity index (χ1) is 6.24. The van der Waals surface area contributed by atoms with Crippen molar-refractivity contribution < 1.29 is 0 Å². The molecule has 1 aromatic carbocycles. The highest BCUT2D eigenvalue weighted by atomic mass is 35.5. The van der Waals surface area contributed by atoms with E-state index in [0.717, 1.165) is 25.7 Å². The smallest absolute Gasteiger partial charge is 0.0985 e. The molecule has 13 heavy (non-hydrogen) atoms. The Labute approximate surface area is 90.1 Å². The Morgan fingerprint density at radius 2 is 2.15 bits per heavy atom. The summed E-state index contributed by atoms with van der Waals surface area (Å²) < 4.78 is 1.84. The van der Waals surface area contributed by atoms with Crippen LogP contribution in [-0.4, -0.2) is 0 Å². The molecule has 1 aromatic heterocycles. The summed E-state index contributed by atoms with van der Waals surface area (Å²) in [4.78, 5) is 0. The van der Waals surface area contributed by atoms with Crippen molar-refractivity contribution in [2.24, 2.45) is 0 Å². The highest BCUT2D eigenvalue weighted by Crippen LogP contribution is 2.38. The van der Waals surface area contributed by atoms with Crippen molar-refractivity contribution in [1.29, 1.82) is 0 Å². The zero-order valence-electron chi connectivity index (χ0n) is 6.68. The van der Waals surface area contributed by atoms with Gasteiger partial charge in [-0.2, -0.15) is 0 Å². The number of nitrogen functional groups attached to an aromatic ring is 1. The van der Waals surface area contributed by atoms with Gasteiger partial charge in [-0.3, -0.25) is 0 Å². The Morgan fingerprint density at radius 3 is 2.85 bits per heavy atom. The molecule has 2 rings (SSSR count). The molecule has 0 aliphatic carbocycles. The van der Waals surface area contributed by atoms with Crippen LogP contribution in [0.2, 0.25) is 4.34 Å². The molecule has 1 nitrogen and oxygen atoms in total. The highest BCUT2D eigenvalue weighted by Gasteiger charge is 2.11. The van der Waals surface area contributed by atoms with Crippen LogP contribution in [-0.2, 0) is 5.88 Å². The molecule has 0 unspecified atom stereocenters. The van der Waals surface area contributed by atoms with Crippen molar-refractivity contribution in [2.45, 2.75) is 5.88 Å². The SMILES string of the molecule is Nc1cccc2sc(Cl)c(CCl)c12. The number of hydrogen-bond acceptors (Lipinski definition) is 2. The van der Waals surface area contributed by atoms with Gasteiger partial charge in [0.2, 0.25) is 0 Å². The van der Waals surface area contributed by atoms with Gasteiger partial charge < -0.3 is 5.73 Å². The lowest BCUT2D eigenvalue weighted by atomic mass is 10.1. The van der Waals surface area contributed by atoms with Gasteiger partial charge in [-0.15, -0.1) is 22.9 Å². The number of benzene rings is 1. The summed E-state index contributed by atoms with van der Waals surface area (Å²) in [5.74, 6) is 0.410. The van der Waals surface area contributed by atoms with Crippen molar-refractivity contribution in [1.82, 2.24) is 0 Å². The Kier molecular flexibility index (Phi) is 2.37. The number of nitrogens with two attached hydrogens (primary N) is 1. The Bertz CT molecular complexity index is 450. The van der Waals surface area contributed by atoms with E-state index in [2.05, 4.69) is 0 Å². The maximum atomic E-state index is 6.02. The number of alkyl halides is 1. The topological polar surface area (TPSA) is 26.0 Å². The van der Waals surface area contributed by atoms with Crippen molar-refractivity contribution in [3.8, 4) is 0 Å². The molecule has 2 aromatic rings. The lowest BCUT2D eigenvalue weighted by Crippen LogP contribution is -1.86. The number of halogens is 2. The third kappa shape index (κ3) is 1.39. The van der Waals surface area contributed by atoms with Crippen LogP contribution in [0.15, 0.2) is 18.2 Å². The van der Waals surface area contributed by atoms with Crippen LogP contribution in [0.1, 0.15) is 5.56 Å². The number of thiophene rings is 1. The van der Waals surface area contributed by atoms with Gasteiger partial charge in [-0.05, 0) is 12.1 Å². The molecule has 0 spiro atoms. The quantitative estimate of drug-likeness (QED) is 0.586. The molecule has 0 radical (unpaired) electrons. The molecular formula is C9H7Cl2NS. The van der Waals surface area contributed by atoms with Crippen LogP contribution < -0.4 is 5.73 Å². The number of rotatable bonds is 1. The number of anilines is 1. The van der Waals surface area contributed by atoms with Crippen molar-refractivity contribution in [2.75, 3.05) is 5.73 Å². The van der Waals surface area contributed by atoms with Crippen molar-refractivity contribution in [3.63, 3.8) is 0 Å². The third-order valence-electron chi connectivity index (χ3n) is 1.93. The summed E-state index contributed by atoms with van der Waals surface area (Å²) in [5, 5.41) is 1.01. The van der Waals surface area contributed by atoms with Gasteiger partial charge in [-0.1, -0.05) is 17.7 Å². The lowest BCUT2D eigenvalue weighted by molar-refractivity contribution is 1.50. The molecular weight excluding hydrogens is 225 g/mol. The predicted molar refractivity (Wildman–Crippen MR) is 60.8 cm³/mol. The summed E-state index contributed by atoms with van der Waals surface area (Å²) in [6.07, 6.45) is 0. The second-order valence-corrected chi connectivity index (χ2v) is 4.63. The van der Waals surface area contributed by atoms with E-state index in [-0.39, 0.29) is 0 Å². The molecule has 0 bridgehead atoms. The average Bonchev–Trinajstić information content (AvgIpc) is 2.42. The summed E-state index contributed by atoms with van der Waals surface area (Å²) >= 11 is 13.3. The molecule has 0 aliphatic rings. The van der Waals surface area contributed by atoms with Gasteiger partial charge in [0.25, 0.3) is 0 Å². The molecule has 0 amide bonds. The van der Waals surface area contributed by atoms with Crippen LogP contribution in [0.3, 0.4) is 0 Å². The summed E-state index contributed by atoms with van der Waals surface area (Å²) in [6.45, 7) is 0. The number of fused-ring (bicyclic) bond motifs is 1. The Balaban J connectivity index is 2.88. The highest BCUT2D eigenvalue weighted by molar-refractivity contribution is 7.23. The van der Waals surface area contributed by atoms with Gasteiger partial charge in [0.15, 0.2) is 0 Å². The molecule has 2 N–H and O–H groups in total. The second-order valence-electron chi connectivity index (χ2n) is 2.71. The number of hydrogen-bond donors (Lipinski definition) is 1. The van der Waals surface area contributed by atoms with Crippen molar-refractivity contribution in [3.05, 3.63) is 28.1 Å². The second kappa shape index (κ2) is 3.37.